The number of amides is 1. The molecule has 0 heterocycles. The molecule has 0 radical (unpaired) electrons. The van der Waals surface area contributed by atoms with Gasteiger partial charge in [0, 0.05) is 0 Å². The van der Waals surface area contributed by atoms with Gasteiger partial charge in [-0.15, -0.1) is 0 Å². The van der Waals surface area contributed by atoms with Crippen molar-refractivity contribution < 1.29 is 19.1 Å². The minimum Gasteiger partial charge on any atom is -0.482 e. The Balaban J connectivity index is 1.85. The van der Waals surface area contributed by atoms with Crippen LogP contribution in [-0.2, 0) is 19.7 Å². The molecule has 0 fully saturated rings. The summed E-state index contributed by atoms with van der Waals surface area (Å²) < 4.78 is 10.5. The van der Waals surface area contributed by atoms with Crippen molar-refractivity contribution in [3.63, 3.8) is 0 Å². The molecule has 0 unspecified atom stereocenters. The maximum atomic E-state index is 12.2. The molecule has 0 saturated carbocycles. The smallest absolute Gasteiger partial charge is 0.344 e. The third-order valence-electron chi connectivity index (χ3n) is 4.06. The predicted octanol–water partition coefficient (Wildman–Crippen LogP) is 3.80. The van der Waals surface area contributed by atoms with E-state index in [2.05, 4.69) is 26.1 Å². The van der Waals surface area contributed by atoms with Gasteiger partial charge in [-0.1, -0.05) is 45.0 Å². The molecule has 6 nitrogen and oxygen atoms in total. The number of hydrogen-bond donors (Lipinski definition) is 1. The van der Waals surface area contributed by atoms with Crippen molar-refractivity contribution in [2.24, 2.45) is 0 Å². The number of carbonyl (C=O) groups excluding carboxylic acids is 2. The second-order valence-electron chi connectivity index (χ2n) is 7.34. The predicted molar refractivity (Wildman–Crippen MR) is 106 cm³/mol. The molecule has 0 saturated heterocycles. The summed E-state index contributed by atoms with van der Waals surface area (Å²) in [5.41, 5.74) is 1.89. The number of ether oxygens (including phenoxy) is 2. The van der Waals surface area contributed by atoms with Crippen LogP contribution in [0.4, 0.5) is 5.69 Å². The average Bonchev–Trinajstić information content (AvgIpc) is 2.66. The monoisotopic (exact) mass is 380 g/mol. The van der Waals surface area contributed by atoms with E-state index in [1.807, 2.05) is 18.2 Å². The zero-order valence-corrected chi connectivity index (χ0v) is 16.5. The van der Waals surface area contributed by atoms with Gasteiger partial charge in [0.2, 0.25) is 0 Å². The Kier molecular flexibility index (Phi) is 6.78. The molecular weight excluding hydrogens is 356 g/mol. The van der Waals surface area contributed by atoms with Crippen molar-refractivity contribution in [2.75, 3.05) is 11.9 Å². The number of rotatable bonds is 6. The third kappa shape index (κ3) is 5.85. The van der Waals surface area contributed by atoms with Gasteiger partial charge in [0.25, 0.3) is 5.91 Å². The SMILES string of the molecule is C[C@H](OC(=O)COc1ccc(C(C)(C)C)cc1)C(=O)Nc1ccccc1C#N. The summed E-state index contributed by atoms with van der Waals surface area (Å²) in [4.78, 5) is 24.1. The topological polar surface area (TPSA) is 88.4 Å². The molecule has 0 aromatic heterocycles. The molecule has 0 bridgehead atoms. The van der Waals surface area contributed by atoms with E-state index < -0.39 is 18.0 Å². The lowest BCUT2D eigenvalue weighted by atomic mass is 9.87. The maximum absolute atomic E-state index is 12.2. The molecule has 28 heavy (non-hydrogen) atoms. The minimum absolute atomic E-state index is 0.0322. The average molecular weight is 380 g/mol. The number of benzene rings is 2. The Morgan fingerprint density at radius 2 is 1.75 bits per heavy atom. The maximum Gasteiger partial charge on any atom is 0.344 e. The van der Waals surface area contributed by atoms with Gasteiger partial charge in [-0.2, -0.15) is 5.26 Å². The molecule has 1 amide bonds. The Bertz CT molecular complexity index is 877. The zero-order chi connectivity index (χ0) is 20.7. The standard InChI is InChI=1S/C22H24N2O4/c1-15(21(26)24-19-8-6-5-7-16(19)13-23)28-20(25)14-27-18-11-9-17(10-12-18)22(2,3)4/h5-12,15H,14H2,1-4H3,(H,24,26)/t15-/m0/s1. The van der Waals surface area contributed by atoms with Gasteiger partial charge in [0.1, 0.15) is 11.8 Å². The highest BCUT2D eigenvalue weighted by molar-refractivity contribution is 5.96. The summed E-state index contributed by atoms with van der Waals surface area (Å²) >= 11 is 0. The molecule has 6 heteroatoms. The first kappa shape index (κ1) is 21.0. The molecule has 0 aliphatic rings. The van der Waals surface area contributed by atoms with Crippen molar-refractivity contribution in [2.45, 2.75) is 39.2 Å². The lowest BCUT2D eigenvalue weighted by molar-refractivity contribution is -0.155. The van der Waals surface area contributed by atoms with Gasteiger partial charge in [-0.25, -0.2) is 4.79 Å². The second-order valence-corrected chi connectivity index (χ2v) is 7.34. The van der Waals surface area contributed by atoms with Crippen LogP contribution in [0.25, 0.3) is 0 Å². The van der Waals surface area contributed by atoms with Gasteiger partial charge in [0.05, 0.1) is 11.3 Å². The molecule has 1 N–H and O–H groups in total. The number of nitriles is 1. The number of esters is 1. The van der Waals surface area contributed by atoms with E-state index in [1.165, 1.54) is 6.92 Å². The third-order valence-corrected chi connectivity index (χ3v) is 4.06. The van der Waals surface area contributed by atoms with E-state index in [9.17, 15) is 9.59 Å². The first-order chi connectivity index (χ1) is 13.2. The first-order valence-corrected chi connectivity index (χ1v) is 8.93. The highest BCUT2D eigenvalue weighted by Gasteiger charge is 2.19. The van der Waals surface area contributed by atoms with Crippen molar-refractivity contribution in [3.05, 3.63) is 59.7 Å². The lowest BCUT2D eigenvalue weighted by Crippen LogP contribution is -2.31. The minimum atomic E-state index is -1.02. The molecule has 0 aliphatic heterocycles. The van der Waals surface area contributed by atoms with Crippen LogP contribution in [0.5, 0.6) is 5.75 Å². The van der Waals surface area contributed by atoms with E-state index in [0.717, 1.165) is 5.56 Å². The number of hydrogen-bond acceptors (Lipinski definition) is 5. The van der Waals surface area contributed by atoms with Crippen LogP contribution in [0.1, 0.15) is 38.8 Å². The van der Waals surface area contributed by atoms with Crippen molar-refractivity contribution in [1.29, 1.82) is 5.26 Å². The van der Waals surface area contributed by atoms with Crippen LogP contribution < -0.4 is 10.1 Å². The summed E-state index contributed by atoms with van der Waals surface area (Å²) in [6, 6.07) is 16.1. The zero-order valence-electron chi connectivity index (χ0n) is 16.5. The summed E-state index contributed by atoms with van der Waals surface area (Å²) in [6.07, 6.45) is -1.02. The summed E-state index contributed by atoms with van der Waals surface area (Å²) in [5, 5.41) is 11.6. The van der Waals surface area contributed by atoms with E-state index in [4.69, 9.17) is 14.7 Å². The summed E-state index contributed by atoms with van der Waals surface area (Å²) in [7, 11) is 0. The van der Waals surface area contributed by atoms with Gasteiger partial charge < -0.3 is 14.8 Å². The Hall–Kier alpha value is -3.33. The van der Waals surface area contributed by atoms with Crippen LogP contribution in [0.3, 0.4) is 0 Å². The van der Waals surface area contributed by atoms with Crippen molar-refractivity contribution in [1.82, 2.24) is 0 Å². The molecule has 0 spiro atoms. The van der Waals surface area contributed by atoms with Crippen molar-refractivity contribution >= 4 is 17.6 Å². The molecule has 146 valence electrons. The normalized spacial score (nSPS) is 11.8. The van der Waals surface area contributed by atoms with Gasteiger partial charge in [0.15, 0.2) is 12.7 Å². The molecule has 2 aromatic carbocycles. The van der Waals surface area contributed by atoms with Crippen LogP contribution in [0.2, 0.25) is 0 Å². The van der Waals surface area contributed by atoms with Crippen LogP contribution in [-0.4, -0.2) is 24.6 Å². The van der Waals surface area contributed by atoms with E-state index >= 15 is 0 Å². The fourth-order valence-electron chi connectivity index (χ4n) is 2.40. The summed E-state index contributed by atoms with van der Waals surface area (Å²) in [5.74, 6) is -0.633. The highest BCUT2D eigenvalue weighted by atomic mass is 16.6. The number of nitrogens with zero attached hydrogens (tertiary/aromatic N) is 1. The first-order valence-electron chi connectivity index (χ1n) is 8.93. The highest BCUT2D eigenvalue weighted by Crippen LogP contribution is 2.24. The van der Waals surface area contributed by atoms with E-state index in [0.29, 0.717) is 17.0 Å². The quantitative estimate of drug-likeness (QED) is 0.770. The molecule has 1 atom stereocenters. The summed E-state index contributed by atoms with van der Waals surface area (Å²) in [6.45, 7) is 7.49. The number of para-hydroxylation sites is 1. The second kappa shape index (κ2) is 9.05. The molecular formula is C22H24N2O4. The van der Waals surface area contributed by atoms with E-state index in [1.54, 1.807) is 36.4 Å². The van der Waals surface area contributed by atoms with Crippen LogP contribution >= 0.6 is 0 Å². The fraction of sp³-hybridized carbons (Fsp3) is 0.318. The Labute approximate surface area is 165 Å². The molecule has 2 rings (SSSR count). The lowest BCUT2D eigenvalue weighted by Gasteiger charge is -2.19. The number of anilines is 1. The van der Waals surface area contributed by atoms with Crippen LogP contribution in [0.15, 0.2) is 48.5 Å². The fourth-order valence-corrected chi connectivity index (χ4v) is 2.40. The van der Waals surface area contributed by atoms with Crippen LogP contribution in [0, 0.1) is 11.3 Å². The van der Waals surface area contributed by atoms with E-state index in [-0.39, 0.29) is 12.0 Å². The number of carbonyl (C=O) groups is 2. The Morgan fingerprint density at radius 1 is 1.11 bits per heavy atom. The molecule has 2 aromatic rings. The number of nitrogens with one attached hydrogen (secondary N) is 1. The van der Waals surface area contributed by atoms with Gasteiger partial charge in [-0.3, -0.25) is 4.79 Å². The molecule has 0 aliphatic carbocycles. The van der Waals surface area contributed by atoms with Gasteiger partial charge >= 0.3 is 5.97 Å². The van der Waals surface area contributed by atoms with Crippen molar-refractivity contribution in [3.8, 4) is 11.8 Å². The van der Waals surface area contributed by atoms with Gasteiger partial charge in [-0.05, 0) is 42.2 Å². The Morgan fingerprint density at radius 3 is 2.36 bits per heavy atom. The largest absolute Gasteiger partial charge is 0.482 e.